The third-order valence-corrected chi connectivity index (χ3v) is 2.61. The van der Waals surface area contributed by atoms with Gasteiger partial charge >= 0.3 is 0 Å². The maximum Gasteiger partial charge on any atom is 0.126 e. The second kappa shape index (κ2) is 3.02. The molecule has 2 rings (SSSR count). The summed E-state index contributed by atoms with van der Waals surface area (Å²) in [6, 6.07) is 6.60. The van der Waals surface area contributed by atoms with E-state index in [1.54, 1.807) is 0 Å². The molecular weight excluding hydrogens is 160 g/mol. The van der Waals surface area contributed by atoms with Crippen molar-refractivity contribution < 1.29 is 0 Å². The van der Waals surface area contributed by atoms with E-state index in [9.17, 15) is 0 Å². The average Bonchev–Trinajstić information content (AvgIpc) is 2.03. The summed E-state index contributed by atoms with van der Waals surface area (Å²) in [5.41, 5.74) is 0.534. The minimum Gasteiger partial charge on any atom is -0.367 e. The van der Waals surface area contributed by atoms with Crippen molar-refractivity contribution in [3.05, 3.63) is 24.4 Å². The van der Waals surface area contributed by atoms with Gasteiger partial charge in [0.15, 0.2) is 0 Å². The van der Waals surface area contributed by atoms with Crippen molar-refractivity contribution >= 4 is 5.82 Å². The first-order valence-corrected chi connectivity index (χ1v) is 4.83. The highest BCUT2D eigenvalue weighted by atomic mass is 15.0. The lowest BCUT2D eigenvalue weighted by Gasteiger charge is -2.43. The minimum atomic E-state index is 0.534. The third-order valence-electron chi connectivity index (χ3n) is 2.61. The Morgan fingerprint density at radius 1 is 1.38 bits per heavy atom. The molecule has 0 radical (unpaired) electrons. The zero-order valence-electron chi connectivity index (χ0n) is 8.25. The van der Waals surface area contributed by atoms with Gasteiger partial charge in [-0.2, -0.15) is 0 Å². The van der Waals surface area contributed by atoms with Crippen LogP contribution in [0.15, 0.2) is 24.4 Å². The standard InChI is InChI=1S/C11H16N2/c1-11(2)7-9(8-11)13-10-5-3-4-6-12-10/h3-6,9H,7-8H2,1-2H3,(H,12,13). The normalized spacial score (nSPS) is 20.8. The van der Waals surface area contributed by atoms with Crippen LogP contribution in [-0.4, -0.2) is 11.0 Å². The monoisotopic (exact) mass is 176 g/mol. The summed E-state index contributed by atoms with van der Waals surface area (Å²) in [7, 11) is 0. The number of rotatable bonds is 2. The predicted molar refractivity (Wildman–Crippen MR) is 54.7 cm³/mol. The Balaban J connectivity index is 1.88. The summed E-state index contributed by atoms with van der Waals surface area (Å²) >= 11 is 0. The number of nitrogens with zero attached hydrogens (tertiary/aromatic N) is 1. The first kappa shape index (κ1) is 8.54. The fraction of sp³-hybridized carbons (Fsp3) is 0.545. The Bertz CT molecular complexity index is 271. The van der Waals surface area contributed by atoms with Crippen LogP contribution in [0.3, 0.4) is 0 Å². The molecule has 1 aromatic rings. The van der Waals surface area contributed by atoms with E-state index in [0.717, 1.165) is 5.82 Å². The molecule has 0 bridgehead atoms. The van der Waals surface area contributed by atoms with Gasteiger partial charge in [-0.1, -0.05) is 19.9 Å². The third kappa shape index (κ3) is 2.00. The van der Waals surface area contributed by atoms with Crippen molar-refractivity contribution in [2.75, 3.05) is 5.32 Å². The Kier molecular flexibility index (Phi) is 1.98. The second-order valence-electron chi connectivity index (χ2n) is 4.63. The van der Waals surface area contributed by atoms with Crippen molar-refractivity contribution in [3.63, 3.8) is 0 Å². The van der Waals surface area contributed by atoms with Crippen LogP contribution in [-0.2, 0) is 0 Å². The van der Waals surface area contributed by atoms with Crippen molar-refractivity contribution in [2.24, 2.45) is 5.41 Å². The SMILES string of the molecule is CC1(C)CC(Nc2ccccn2)C1. The maximum atomic E-state index is 4.24. The topological polar surface area (TPSA) is 24.9 Å². The van der Waals surface area contributed by atoms with Crippen LogP contribution in [0.25, 0.3) is 0 Å². The van der Waals surface area contributed by atoms with E-state index in [2.05, 4.69) is 24.1 Å². The maximum absolute atomic E-state index is 4.24. The van der Waals surface area contributed by atoms with Gasteiger partial charge in [0.25, 0.3) is 0 Å². The number of aromatic nitrogens is 1. The summed E-state index contributed by atoms with van der Waals surface area (Å²) in [6.45, 7) is 4.62. The van der Waals surface area contributed by atoms with Crippen LogP contribution in [0.1, 0.15) is 26.7 Å². The summed E-state index contributed by atoms with van der Waals surface area (Å²) in [4.78, 5) is 4.24. The average molecular weight is 176 g/mol. The van der Waals surface area contributed by atoms with Crippen LogP contribution in [0, 0.1) is 5.41 Å². The number of hydrogen-bond acceptors (Lipinski definition) is 2. The van der Waals surface area contributed by atoms with Crippen molar-refractivity contribution in [1.29, 1.82) is 0 Å². The van der Waals surface area contributed by atoms with Gasteiger partial charge in [-0.25, -0.2) is 4.98 Å². The molecule has 1 saturated carbocycles. The fourth-order valence-electron chi connectivity index (χ4n) is 2.03. The van der Waals surface area contributed by atoms with E-state index in [1.165, 1.54) is 12.8 Å². The molecule has 0 atom stereocenters. The highest BCUT2D eigenvalue weighted by Crippen LogP contribution is 2.40. The van der Waals surface area contributed by atoms with Crippen LogP contribution in [0.4, 0.5) is 5.82 Å². The zero-order chi connectivity index (χ0) is 9.31. The molecule has 1 aliphatic rings. The molecular formula is C11H16N2. The molecule has 0 aliphatic heterocycles. The summed E-state index contributed by atoms with van der Waals surface area (Å²) in [5.74, 6) is 1.00. The molecule has 1 fully saturated rings. The number of pyridine rings is 1. The van der Waals surface area contributed by atoms with E-state index in [1.807, 2.05) is 24.4 Å². The highest BCUT2D eigenvalue weighted by Gasteiger charge is 2.35. The number of hydrogen-bond donors (Lipinski definition) is 1. The summed E-state index contributed by atoms with van der Waals surface area (Å²) < 4.78 is 0. The van der Waals surface area contributed by atoms with E-state index in [0.29, 0.717) is 11.5 Å². The lowest BCUT2D eigenvalue weighted by molar-refractivity contribution is 0.167. The van der Waals surface area contributed by atoms with Gasteiger partial charge in [-0.3, -0.25) is 0 Å². The highest BCUT2D eigenvalue weighted by molar-refractivity contribution is 5.35. The van der Waals surface area contributed by atoms with E-state index >= 15 is 0 Å². The van der Waals surface area contributed by atoms with E-state index < -0.39 is 0 Å². The van der Waals surface area contributed by atoms with E-state index in [-0.39, 0.29) is 0 Å². The number of anilines is 1. The molecule has 1 aromatic heterocycles. The lowest BCUT2D eigenvalue weighted by Crippen LogP contribution is -2.41. The van der Waals surface area contributed by atoms with Crippen LogP contribution in [0.5, 0.6) is 0 Å². The van der Waals surface area contributed by atoms with Crippen LogP contribution >= 0.6 is 0 Å². The molecule has 1 N–H and O–H groups in total. The summed E-state index contributed by atoms with van der Waals surface area (Å²) in [5, 5.41) is 3.42. The van der Waals surface area contributed by atoms with Gasteiger partial charge in [0.1, 0.15) is 5.82 Å². The smallest absolute Gasteiger partial charge is 0.126 e. The first-order chi connectivity index (χ1) is 6.16. The molecule has 1 heterocycles. The van der Waals surface area contributed by atoms with Gasteiger partial charge in [-0.05, 0) is 30.4 Å². The Morgan fingerprint density at radius 2 is 2.15 bits per heavy atom. The predicted octanol–water partition coefficient (Wildman–Crippen LogP) is 2.68. The molecule has 1 aliphatic carbocycles. The second-order valence-corrected chi connectivity index (χ2v) is 4.63. The summed E-state index contributed by atoms with van der Waals surface area (Å²) in [6.07, 6.45) is 4.33. The molecule has 2 heteroatoms. The molecule has 0 aromatic carbocycles. The van der Waals surface area contributed by atoms with Gasteiger partial charge in [0.2, 0.25) is 0 Å². The van der Waals surface area contributed by atoms with Gasteiger partial charge < -0.3 is 5.32 Å². The van der Waals surface area contributed by atoms with Crippen LogP contribution in [0.2, 0.25) is 0 Å². The molecule has 0 spiro atoms. The van der Waals surface area contributed by atoms with E-state index in [4.69, 9.17) is 0 Å². The quantitative estimate of drug-likeness (QED) is 0.749. The fourth-order valence-corrected chi connectivity index (χ4v) is 2.03. The molecule has 0 amide bonds. The largest absolute Gasteiger partial charge is 0.367 e. The van der Waals surface area contributed by atoms with Crippen molar-refractivity contribution in [3.8, 4) is 0 Å². The van der Waals surface area contributed by atoms with Gasteiger partial charge in [-0.15, -0.1) is 0 Å². The molecule has 70 valence electrons. The molecule has 13 heavy (non-hydrogen) atoms. The van der Waals surface area contributed by atoms with Crippen LogP contribution < -0.4 is 5.32 Å². The Labute approximate surface area is 79.4 Å². The van der Waals surface area contributed by atoms with Gasteiger partial charge in [0.05, 0.1) is 0 Å². The van der Waals surface area contributed by atoms with Crippen molar-refractivity contribution in [1.82, 2.24) is 4.98 Å². The number of nitrogens with one attached hydrogen (secondary N) is 1. The minimum absolute atomic E-state index is 0.534. The molecule has 2 nitrogen and oxygen atoms in total. The molecule has 0 saturated heterocycles. The molecule has 0 unspecified atom stereocenters. The van der Waals surface area contributed by atoms with Gasteiger partial charge in [0, 0.05) is 12.2 Å². The first-order valence-electron chi connectivity index (χ1n) is 4.83. The Hall–Kier alpha value is -1.05. The zero-order valence-corrected chi connectivity index (χ0v) is 8.25. The lowest BCUT2D eigenvalue weighted by atomic mass is 9.68. The Morgan fingerprint density at radius 3 is 2.69 bits per heavy atom. The van der Waals surface area contributed by atoms with Crippen molar-refractivity contribution in [2.45, 2.75) is 32.7 Å².